The molecule has 0 aromatic heterocycles. The van der Waals surface area contributed by atoms with Crippen molar-refractivity contribution in [2.24, 2.45) is 0 Å². The average molecular weight is 338 g/mol. The lowest BCUT2D eigenvalue weighted by Crippen LogP contribution is -2.24. The number of benzene rings is 1. The van der Waals surface area contributed by atoms with Crippen LogP contribution in [0.25, 0.3) is 0 Å². The van der Waals surface area contributed by atoms with E-state index in [-0.39, 0.29) is 30.2 Å². The highest BCUT2D eigenvalue weighted by Gasteiger charge is 2.30. The van der Waals surface area contributed by atoms with Crippen molar-refractivity contribution in [2.75, 3.05) is 20.3 Å². The second-order valence-electron chi connectivity index (χ2n) is 4.77. The fourth-order valence-electron chi connectivity index (χ4n) is 1.75. The normalized spacial score (nSPS) is 12.8. The van der Waals surface area contributed by atoms with Gasteiger partial charge in [0.1, 0.15) is 0 Å². The Labute approximate surface area is 130 Å². The number of aliphatic hydroxyl groups excluding tert-OH is 1. The van der Waals surface area contributed by atoms with Crippen LogP contribution in [-0.2, 0) is 6.54 Å². The van der Waals surface area contributed by atoms with Crippen LogP contribution in [0.2, 0.25) is 0 Å². The van der Waals surface area contributed by atoms with Crippen molar-refractivity contribution in [2.45, 2.75) is 25.7 Å². The summed E-state index contributed by atoms with van der Waals surface area (Å²) in [6.07, 6.45) is -5.22. The number of alkyl halides is 3. The first-order valence-corrected chi connectivity index (χ1v) is 6.57. The number of methoxy groups -OCH3 is 1. The molecule has 23 heavy (non-hydrogen) atoms. The molecule has 130 valence electrons. The van der Waals surface area contributed by atoms with Gasteiger partial charge in [-0.05, 0) is 13.0 Å². The maximum atomic E-state index is 12.2. The Kier molecular flexibility index (Phi) is 6.58. The molecule has 0 saturated heterocycles. The molecule has 1 aromatic rings. The summed E-state index contributed by atoms with van der Waals surface area (Å²) < 4.78 is 46.2. The minimum Gasteiger partial charge on any atom is -0.493 e. The molecule has 0 aliphatic carbocycles. The second-order valence-corrected chi connectivity index (χ2v) is 4.77. The number of nitrogens with zero attached hydrogens (tertiary/aromatic N) is 1. The number of nitro groups is 1. The number of rotatable bonds is 8. The molecule has 7 nitrogen and oxygen atoms in total. The molecule has 10 heteroatoms. The molecule has 0 aliphatic rings. The molecule has 0 radical (unpaired) electrons. The van der Waals surface area contributed by atoms with Crippen molar-refractivity contribution < 1.29 is 32.7 Å². The highest BCUT2D eigenvalue weighted by Crippen LogP contribution is 2.35. The Morgan fingerprint density at radius 3 is 2.52 bits per heavy atom. The Bertz CT molecular complexity index is 549. The first kappa shape index (κ1) is 19.0. The Morgan fingerprint density at radius 1 is 1.39 bits per heavy atom. The molecule has 1 unspecified atom stereocenters. The quantitative estimate of drug-likeness (QED) is 0.556. The molecule has 0 spiro atoms. The van der Waals surface area contributed by atoms with Gasteiger partial charge in [-0.1, -0.05) is 0 Å². The van der Waals surface area contributed by atoms with Crippen LogP contribution in [0.15, 0.2) is 12.1 Å². The summed E-state index contributed by atoms with van der Waals surface area (Å²) in [5.74, 6) is -0.413. The van der Waals surface area contributed by atoms with Crippen LogP contribution in [0.3, 0.4) is 0 Å². The lowest BCUT2D eigenvalue weighted by atomic mass is 10.1. The maximum Gasteiger partial charge on any atom is 0.422 e. The molecule has 0 fully saturated rings. The van der Waals surface area contributed by atoms with Gasteiger partial charge >= 0.3 is 6.18 Å². The molecule has 0 aliphatic heterocycles. The third-order valence-electron chi connectivity index (χ3n) is 2.71. The summed E-state index contributed by atoms with van der Waals surface area (Å²) in [6.45, 7) is 0.194. The van der Waals surface area contributed by atoms with Crippen LogP contribution < -0.4 is 14.8 Å². The van der Waals surface area contributed by atoms with Crippen LogP contribution >= 0.6 is 0 Å². The van der Waals surface area contributed by atoms with Gasteiger partial charge < -0.3 is 19.9 Å². The largest absolute Gasteiger partial charge is 0.493 e. The number of hydrogen-bond acceptors (Lipinski definition) is 6. The van der Waals surface area contributed by atoms with Crippen LogP contribution in [0.4, 0.5) is 18.9 Å². The van der Waals surface area contributed by atoms with E-state index >= 15 is 0 Å². The van der Waals surface area contributed by atoms with Gasteiger partial charge in [0.15, 0.2) is 18.1 Å². The van der Waals surface area contributed by atoms with E-state index in [0.717, 1.165) is 6.07 Å². The van der Waals surface area contributed by atoms with E-state index < -0.39 is 29.5 Å². The SMILES string of the molecule is COc1cc(CNCC(C)O)c([N+](=O)[O-])cc1OCC(F)(F)F. The zero-order valence-corrected chi connectivity index (χ0v) is 12.5. The van der Waals surface area contributed by atoms with Crippen molar-refractivity contribution >= 4 is 5.69 Å². The van der Waals surface area contributed by atoms with E-state index in [9.17, 15) is 23.3 Å². The van der Waals surface area contributed by atoms with Crippen LogP contribution in [0.5, 0.6) is 11.5 Å². The zero-order chi connectivity index (χ0) is 17.6. The number of nitrogens with one attached hydrogen (secondary N) is 1. The molecule has 2 N–H and O–H groups in total. The van der Waals surface area contributed by atoms with Crippen molar-refractivity contribution in [3.63, 3.8) is 0 Å². The summed E-state index contributed by atoms with van der Waals surface area (Å²) >= 11 is 0. The van der Waals surface area contributed by atoms with Gasteiger partial charge in [0.2, 0.25) is 0 Å². The molecule has 1 atom stereocenters. The van der Waals surface area contributed by atoms with Crippen molar-refractivity contribution in [3.8, 4) is 11.5 Å². The first-order chi connectivity index (χ1) is 10.6. The smallest absolute Gasteiger partial charge is 0.422 e. The molecule has 0 heterocycles. The van der Waals surface area contributed by atoms with E-state index in [1.807, 2.05) is 0 Å². The van der Waals surface area contributed by atoms with E-state index in [4.69, 9.17) is 9.84 Å². The Morgan fingerprint density at radius 2 is 2.04 bits per heavy atom. The standard InChI is InChI=1S/C13H17F3N2O5/c1-8(19)5-17-6-9-3-11(22-2)12(4-10(9)18(20)21)23-7-13(14,15)16/h3-4,8,17,19H,5-7H2,1-2H3. The summed E-state index contributed by atoms with van der Waals surface area (Å²) in [4.78, 5) is 10.4. The highest BCUT2D eigenvalue weighted by atomic mass is 19.4. The lowest BCUT2D eigenvalue weighted by Gasteiger charge is -2.14. The summed E-state index contributed by atoms with van der Waals surface area (Å²) in [5.41, 5.74) is -0.201. The fraction of sp³-hybridized carbons (Fsp3) is 0.538. The average Bonchev–Trinajstić information content (AvgIpc) is 2.43. The van der Waals surface area contributed by atoms with Crippen LogP contribution in [-0.4, -0.2) is 42.6 Å². The maximum absolute atomic E-state index is 12.2. The Hall–Kier alpha value is -2.07. The summed E-state index contributed by atoms with van der Waals surface area (Å²) in [6, 6.07) is 2.13. The number of ether oxygens (including phenoxy) is 2. The van der Waals surface area contributed by atoms with Gasteiger partial charge in [0.05, 0.1) is 24.2 Å². The summed E-state index contributed by atoms with van der Waals surface area (Å²) in [5, 5.41) is 23.0. The second kappa shape index (κ2) is 7.97. The van der Waals surface area contributed by atoms with E-state index in [0.29, 0.717) is 0 Å². The van der Waals surface area contributed by atoms with Gasteiger partial charge in [-0.25, -0.2) is 0 Å². The van der Waals surface area contributed by atoms with Crippen molar-refractivity contribution in [1.29, 1.82) is 0 Å². The molecule has 1 rings (SSSR count). The van der Waals surface area contributed by atoms with Gasteiger partial charge in [-0.3, -0.25) is 10.1 Å². The summed E-state index contributed by atoms with van der Waals surface area (Å²) in [7, 11) is 1.22. The zero-order valence-electron chi connectivity index (χ0n) is 12.5. The van der Waals surface area contributed by atoms with Gasteiger partial charge in [0.25, 0.3) is 5.69 Å². The monoisotopic (exact) mass is 338 g/mol. The number of aliphatic hydroxyl groups is 1. The number of halogens is 3. The molecular formula is C13H17F3N2O5. The van der Waals surface area contributed by atoms with Crippen LogP contribution in [0.1, 0.15) is 12.5 Å². The predicted molar refractivity (Wildman–Crippen MR) is 74.6 cm³/mol. The van der Waals surface area contributed by atoms with Crippen LogP contribution in [0, 0.1) is 10.1 Å². The third kappa shape index (κ3) is 6.28. The predicted octanol–water partition coefficient (Wildman–Crippen LogP) is 2.01. The van der Waals surface area contributed by atoms with Crippen molar-refractivity contribution in [1.82, 2.24) is 5.32 Å². The van der Waals surface area contributed by atoms with E-state index in [2.05, 4.69) is 10.1 Å². The molecule has 0 amide bonds. The molecule has 0 saturated carbocycles. The van der Waals surface area contributed by atoms with Gasteiger partial charge in [0, 0.05) is 18.7 Å². The molecule has 1 aromatic carbocycles. The number of hydrogen-bond donors (Lipinski definition) is 2. The fourth-order valence-corrected chi connectivity index (χ4v) is 1.75. The van der Waals surface area contributed by atoms with Gasteiger partial charge in [-0.2, -0.15) is 13.2 Å². The van der Waals surface area contributed by atoms with E-state index in [1.54, 1.807) is 0 Å². The molecular weight excluding hydrogens is 321 g/mol. The minimum absolute atomic E-state index is 0.0388. The first-order valence-electron chi connectivity index (χ1n) is 6.57. The highest BCUT2D eigenvalue weighted by molar-refractivity contribution is 5.54. The minimum atomic E-state index is -4.57. The molecule has 0 bridgehead atoms. The van der Waals surface area contributed by atoms with Gasteiger partial charge in [-0.15, -0.1) is 0 Å². The number of nitro benzene ring substituents is 1. The van der Waals surface area contributed by atoms with E-state index in [1.165, 1.54) is 20.1 Å². The van der Waals surface area contributed by atoms with Crippen molar-refractivity contribution in [3.05, 3.63) is 27.8 Å². The Balaban J connectivity index is 3.05. The topological polar surface area (TPSA) is 93.9 Å². The third-order valence-corrected chi connectivity index (χ3v) is 2.71. The lowest BCUT2D eigenvalue weighted by molar-refractivity contribution is -0.385.